The van der Waals surface area contributed by atoms with Gasteiger partial charge in [-0.15, -0.1) is 0 Å². The van der Waals surface area contributed by atoms with Crippen LogP contribution in [0.5, 0.6) is 0 Å². The molecule has 0 aromatic heterocycles. The standard InChI is InChI=1S/C18H24N4O3/c1-12(2)22-14-9-5-4-8-13(14)15(18(22)25)19-16(23)17(24)20-21-10-6-3-7-11-21/h4-5,8-9,12,15H,3,6-7,10-11H2,1-2H3,(H,19,23)(H,20,24). The molecule has 1 aromatic rings. The van der Waals surface area contributed by atoms with Crippen LogP contribution >= 0.6 is 0 Å². The maximum absolute atomic E-state index is 12.7. The van der Waals surface area contributed by atoms with E-state index in [0.717, 1.165) is 43.6 Å². The zero-order valence-electron chi connectivity index (χ0n) is 14.6. The third-order valence-corrected chi connectivity index (χ3v) is 4.61. The first-order valence-electron chi connectivity index (χ1n) is 8.77. The van der Waals surface area contributed by atoms with E-state index in [0.29, 0.717) is 0 Å². The molecule has 1 fully saturated rings. The van der Waals surface area contributed by atoms with Crippen LogP contribution in [0.4, 0.5) is 5.69 Å². The number of anilines is 1. The van der Waals surface area contributed by atoms with Crippen LogP contribution in [0.3, 0.4) is 0 Å². The van der Waals surface area contributed by atoms with Crippen LogP contribution in [-0.4, -0.2) is 41.9 Å². The molecule has 7 heteroatoms. The first-order valence-corrected chi connectivity index (χ1v) is 8.77. The molecule has 134 valence electrons. The summed E-state index contributed by atoms with van der Waals surface area (Å²) in [7, 11) is 0. The van der Waals surface area contributed by atoms with E-state index in [1.54, 1.807) is 9.91 Å². The van der Waals surface area contributed by atoms with Gasteiger partial charge in [0, 0.05) is 30.4 Å². The summed E-state index contributed by atoms with van der Waals surface area (Å²) in [6.45, 7) is 5.32. The normalized spacial score (nSPS) is 20.5. The van der Waals surface area contributed by atoms with E-state index < -0.39 is 17.9 Å². The van der Waals surface area contributed by atoms with Crippen molar-refractivity contribution in [2.75, 3.05) is 18.0 Å². The number of carbonyl (C=O) groups is 3. The molecule has 1 saturated heterocycles. The minimum atomic E-state index is -0.821. The molecule has 1 aromatic carbocycles. The molecule has 25 heavy (non-hydrogen) atoms. The number of rotatable bonds is 3. The molecule has 0 spiro atoms. The van der Waals surface area contributed by atoms with Crippen LogP contribution in [0, 0.1) is 0 Å². The predicted octanol–water partition coefficient (Wildman–Crippen LogP) is 1.12. The minimum absolute atomic E-state index is 0.0299. The highest BCUT2D eigenvalue weighted by Gasteiger charge is 2.40. The lowest BCUT2D eigenvalue weighted by atomic mass is 10.1. The molecular formula is C18H24N4O3. The molecule has 7 nitrogen and oxygen atoms in total. The van der Waals surface area contributed by atoms with Gasteiger partial charge in [-0.25, -0.2) is 5.01 Å². The van der Waals surface area contributed by atoms with Crippen molar-refractivity contribution in [2.45, 2.75) is 45.2 Å². The second kappa shape index (κ2) is 7.23. The molecule has 1 unspecified atom stereocenters. The summed E-state index contributed by atoms with van der Waals surface area (Å²) in [4.78, 5) is 38.8. The number of nitrogens with one attached hydrogen (secondary N) is 2. The summed E-state index contributed by atoms with van der Waals surface area (Å²) in [6, 6.07) is 6.49. The van der Waals surface area contributed by atoms with E-state index in [2.05, 4.69) is 10.7 Å². The van der Waals surface area contributed by atoms with Crippen LogP contribution in [0.1, 0.15) is 44.7 Å². The molecule has 3 rings (SSSR count). The monoisotopic (exact) mass is 344 g/mol. The third kappa shape index (κ3) is 3.51. The van der Waals surface area contributed by atoms with Crippen LogP contribution in [0.25, 0.3) is 0 Å². The van der Waals surface area contributed by atoms with E-state index in [4.69, 9.17) is 0 Å². The number of hydrogen-bond donors (Lipinski definition) is 2. The van der Waals surface area contributed by atoms with Gasteiger partial charge >= 0.3 is 11.8 Å². The smallest absolute Gasteiger partial charge is 0.323 e. The molecule has 3 amide bonds. The maximum Gasteiger partial charge on any atom is 0.323 e. The maximum atomic E-state index is 12.7. The summed E-state index contributed by atoms with van der Waals surface area (Å²) >= 11 is 0. The van der Waals surface area contributed by atoms with E-state index in [9.17, 15) is 14.4 Å². The topological polar surface area (TPSA) is 81.8 Å². The van der Waals surface area contributed by atoms with E-state index in [-0.39, 0.29) is 11.9 Å². The van der Waals surface area contributed by atoms with Crippen LogP contribution in [0.15, 0.2) is 24.3 Å². The van der Waals surface area contributed by atoms with Gasteiger partial charge in [-0.05, 0) is 32.8 Å². The van der Waals surface area contributed by atoms with Gasteiger partial charge in [0.15, 0.2) is 0 Å². The Morgan fingerprint density at radius 1 is 1.08 bits per heavy atom. The van der Waals surface area contributed by atoms with Crippen molar-refractivity contribution >= 4 is 23.4 Å². The first-order chi connectivity index (χ1) is 12.0. The fraction of sp³-hybridized carbons (Fsp3) is 0.500. The molecule has 2 aliphatic rings. The SMILES string of the molecule is CC(C)N1C(=O)C(NC(=O)C(=O)NN2CCCCC2)c2ccccc21. The van der Waals surface area contributed by atoms with Crippen molar-refractivity contribution in [1.29, 1.82) is 0 Å². The van der Waals surface area contributed by atoms with Crippen molar-refractivity contribution in [3.8, 4) is 0 Å². The average molecular weight is 344 g/mol. The fourth-order valence-corrected chi connectivity index (χ4v) is 3.41. The molecule has 0 radical (unpaired) electrons. The van der Waals surface area contributed by atoms with Gasteiger partial charge in [0.2, 0.25) is 0 Å². The molecule has 0 saturated carbocycles. The Hall–Kier alpha value is -2.41. The average Bonchev–Trinajstić information content (AvgIpc) is 2.88. The van der Waals surface area contributed by atoms with Gasteiger partial charge in [0.25, 0.3) is 5.91 Å². The van der Waals surface area contributed by atoms with Gasteiger partial charge in [-0.2, -0.15) is 0 Å². The highest BCUT2D eigenvalue weighted by Crippen LogP contribution is 2.36. The van der Waals surface area contributed by atoms with Gasteiger partial charge in [0.05, 0.1) is 0 Å². The molecule has 0 bridgehead atoms. The number of para-hydroxylation sites is 1. The highest BCUT2D eigenvalue weighted by atomic mass is 16.2. The third-order valence-electron chi connectivity index (χ3n) is 4.61. The molecular weight excluding hydrogens is 320 g/mol. The highest BCUT2D eigenvalue weighted by molar-refractivity contribution is 6.35. The Morgan fingerprint density at radius 2 is 1.76 bits per heavy atom. The summed E-state index contributed by atoms with van der Waals surface area (Å²) in [5.74, 6) is -1.73. The van der Waals surface area contributed by atoms with Gasteiger partial charge in [-0.3, -0.25) is 19.8 Å². The second-order valence-corrected chi connectivity index (χ2v) is 6.76. The number of carbonyl (C=O) groups excluding carboxylic acids is 3. The van der Waals surface area contributed by atoms with Crippen molar-refractivity contribution in [3.05, 3.63) is 29.8 Å². The van der Waals surface area contributed by atoms with Crippen LogP contribution < -0.4 is 15.6 Å². The number of amides is 3. The van der Waals surface area contributed by atoms with E-state index >= 15 is 0 Å². The zero-order valence-corrected chi connectivity index (χ0v) is 14.6. The molecule has 2 heterocycles. The minimum Gasteiger partial charge on any atom is -0.332 e. The molecule has 0 aliphatic carbocycles. The molecule has 1 atom stereocenters. The van der Waals surface area contributed by atoms with Crippen LogP contribution in [0.2, 0.25) is 0 Å². The number of hydrogen-bond acceptors (Lipinski definition) is 4. The van der Waals surface area contributed by atoms with Crippen molar-refractivity contribution in [1.82, 2.24) is 15.8 Å². The lowest BCUT2D eigenvalue weighted by molar-refractivity contribution is -0.143. The Morgan fingerprint density at radius 3 is 2.44 bits per heavy atom. The van der Waals surface area contributed by atoms with Gasteiger partial charge in [0.1, 0.15) is 6.04 Å². The largest absolute Gasteiger partial charge is 0.332 e. The van der Waals surface area contributed by atoms with Crippen LogP contribution in [-0.2, 0) is 14.4 Å². The number of benzene rings is 1. The van der Waals surface area contributed by atoms with Gasteiger partial charge in [-0.1, -0.05) is 24.6 Å². The molecule has 2 aliphatic heterocycles. The number of hydrazine groups is 1. The summed E-state index contributed by atoms with van der Waals surface area (Å²) in [5, 5.41) is 4.35. The number of nitrogens with zero attached hydrogens (tertiary/aromatic N) is 2. The summed E-state index contributed by atoms with van der Waals surface area (Å²) in [6.07, 6.45) is 3.14. The second-order valence-electron chi connectivity index (χ2n) is 6.76. The van der Waals surface area contributed by atoms with Crippen molar-refractivity contribution in [3.63, 3.8) is 0 Å². The van der Waals surface area contributed by atoms with Gasteiger partial charge < -0.3 is 10.2 Å². The fourth-order valence-electron chi connectivity index (χ4n) is 3.41. The molecule has 2 N–H and O–H groups in total. The summed E-state index contributed by atoms with van der Waals surface area (Å²) < 4.78 is 0. The number of piperidine rings is 1. The Labute approximate surface area is 147 Å². The lowest BCUT2D eigenvalue weighted by Crippen LogP contribution is -2.51. The van der Waals surface area contributed by atoms with Crippen molar-refractivity contribution < 1.29 is 14.4 Å². The summed E-state index contributed by atoms with van der Waals surface area (Å²) in [5.41, 5.74) is 4.13. The Balaban J connectivity index is 1.70. The Bertz CT molecular complexity index is 683. The lowest BCUT2D eigenvalue weighted by Gasteiger charge is -2.26. The quantitative estimate of drug-likeness (QED) is 0.805. The first kappa shape index (κ1) is 17.4. The number of fused-ring (bicyclic) bond motifs is 1. The van der Waals surface area contributed by atoms with E-state index in [1.165, 1.54) is 0 Å². The zero-order chi connectivity index (χ0) is 18.0. The Kier molecular flexibility index (Phi) is 5.03. The predicted molar refractivity (Wildman–Crippen MR) is 93.5 cm³/mol. The van der Waals surface area contributed by atoms with Crippen molar-refractivity contribution in [2.24, 2.45) is 0 Å². The van der Waals surface area contributed by atoms with E-state index in [1.807, 2.05) is 38.1 Å².